The molecule has 23 heavy (non-hydrogen) atoms. The first-order chi connectivity index (χ1) is 11.2. The average Bonchev–Trinajstić information content (AvgIpc) is 3.09. The highest BCUT2D eigenvalue weighted by Gasteiger charge is 2.22. The Bertz CT molecular complexity index is 910. The highest BCUT2D eigenvalue weighted by molar-refractivity contribution is 7.19. The normalized spacial score (nSPS) is 13.3. The summed E-state index contributed by atoms with van der Waals surface area (Å²) in [6, 6.07) is 5.45. The Morgan fingerprint density at radius 2 is 2.09 bits per heavy atom. The van der Waals surface area contributed by atoms with Crippen molar-refractivity contribution in [2.75, 3.05) is 12.4 Å². The molecule has 4 rings (SSSR count). The molecular formula is C16H13Cl2N3OS. The van der Waals surface area contributed by atoms with E-state index in [9.17, 15) is 0 Å². The summed E-state index contributed by atoms with van der Waals surface area (Å²) in [5, 5.41) is 5.20. The largest absolute Gasteiger partial charge is 0.497 e. The maximum Gasteiger partial charge on any atom is 0.225 e. The van der Waals surface area contributed by atoms with Crippen LogP contribution in [0.15, 0.2) is 18.2 Å². The summed E-state index contributed by atoms with van der Waals surface area (Å²) in [5.41, 5.74) is 2.07. The number of hydrogen-bond donors (Lipinski definition) is 1. The standard InChI is InChI=1S/C16H13Cl2N3OS/c1-22-8-5-6-10(17)11(7-8)19-14-13-9-3-2-4-12(9)23-15(13)21-16(18)20-14/h5-7H,2-4H2,1H3,(H,19,20,21). The lowest BCUT2D eigenvalue weighted by Gasteiger charge is -2.11. The van der Waals surface area contributed by atoms with Crippen LogP contribution in [0.2, 0.25) is 10.3 Å². The minimum Gasteiger partial charge on any atom is -0.497 e. The second-order valence-corrected chi connectivity index (χ2v) is 7.18. The summed E-state index contributed by atoms with van der Waals surface area (Å²) >= 11 is 14.1. The molecule has 0 saturated heterocycles. The van der Waals surface area contributed by atoms with Crippen LogP contribution in [0, 0.1) is 0 Å². The SMILES string of the molecule is COc1ccc(Cl)c(Nc2nc(Cl)nc3sc4c(c23)CCC4)c1. The zero-order chi connectivity index (χ0) is 16.0. The van der Waals surface area contributed by atoms with Gasteiger partial charge in [-0.25, -0.2) is 4.98 Å². The Labute approximate surface area is 147 Å². The number of methoxy groups -OCH3 is 1. The Morgan fingerprint density at radius 3 is 2.91 bits per heavy atom. The number of aryl methyl sites for hydroxylation is 2. The van der Waals surface area contributed by atoms with Gasteiger partial charge in [-0.3, -0.25) is 0 Å². The van der Waals surface area contributed by atoms with E-state index >= 15 is 0 Å². The number of halogens is 2. The summed E-state index contributed by atoms with van der Waals surface area (Å²) in [6.45, 7) is 0. The van der Waals surface area contributed by atoms with Crippen molar-refractivity contribution < 1.29 is 4.74 Å². The fourth-order valence-corrected chi connectivity index (χ4v) is 4.56. The maximum atomic E-state index is 6.29. The van der Waals surface area contributed by atoms with Crippen LogP contribution in [-0.2, 0) is 12.8 Å². The van der Waals surface area contributed by atoms with Crippen LogP contribution in [0.5, 0.6) is 5.75 Å². The molecule has 7 heteroatoms. The second kappa shape index (κ2) is 5.82. The van der Waals surface area contributed by atoms with Crippen molar-refractivity contribution in [1.29, 1.82) is 0 Å². The first-order valence-corrected chi connectivity index (χ1v) is 8.81. The summed E-state index contributed by atoms with van der Waals surface area (Å²) < 4.78 is 5.26. The second-order valence-electron chi connectivity index (χ2n) is 5.35. The van der Waals surface area contributed by atoms with E-state index < -0.39 is 0 Å². The summed E-state index contributed by atoms with van der Waals surface area (Å²) in [5.74, 6) is 1.43. The molecule has 0 saturated carbocycles. The number of fused-ring (bicyclic) bond motifs is 3. The fourth-order valence-electron chi connectivity index (χ4n) is 2.91. The molecule has 4 nitrogen and oxygen atoms in total. The highest BCUT2D eigenvalue weighted by Crippen LogP contribution is 2.41. The molecule has 0 fully saturated rings. The molecule has 1 aromatic carbocycles. The van der Waals surface area contributed by atoms with E-state index in [0.717, 1.165) is 34.5 Å². The smallest absolute Gasteiger partial charge is 0.225 e. The van der Waals surface area contributed by atoms with Gasteiger partial charge in [-0.1, -0.05) is 11.6 Å². The summed E-state index contributed by atoms with van der Waals surface area (Å²) in [7, 11) is 1.62. The lowest BCUT2D eigenvalue weighted by molar-refractivity contribution is 0.415. The maximum absolute atomic E-state index is 6.29. The molecule has 0 radical (unpaired) electrons. The number of benzene rings is 1. The van der Waals surface area contributed by atoms with Gasteiger partial charge in [-0.2, -0.15) is 4.98 Å². The predicted octanol–water partition coefficient (Wildman–Crippen LogP) is 5.24. The van der Waals surface area contributed by atoms with Crippen molar-refractivity contribution in [3.05, 3.63) is 38.9 Å². The summed E-state index contributed by atoms with van der Waals surface area (Å²) in [4.78, 5) is 11.1. The molecular weight excluding hydrogens is 353 g/mol. The average molecular weight is 366 g/mol. The van der Waals surface area contributed by atoms with Crippen LogP contribution in [-0.4, -0.2) is 17.1 Å². The van der Waals surface area contributed by atoms with Crippen molar-refractivity contribution in [1.82, 2.24) is 9.97 Å². The molecule has 2 aromatic heterocycles. The number of thiophene rings is 1. The molecule has 0 spiro atoms. The van der Waals surface area contributed by atoms with Gasteiger partial charge in [0, 0.05) is 10.9 Å². The lowest BCUT2D eigenvalue weighted by Crippen LogP contribution is -1.98. The van der Waals surface area contributed by atoms with Crippen LogP contribution in [0.3, 0.4) is 0 Å². The minimum absolute atomic E-state index is 0.235. The van der Waals surface area contributed by atoms with Gasteiger partial charge >= 0.3 is 0 Å². The molecule has 0 unspecified atom stereocenters. The molecule has 1 aliphatic carbocycles. The molecule has 1 aliphatic rings. The van der Waals surface area contributed by atoms with Gasteiger partial charge in [0.1, 0.15) is 16.4 Å². The molecule has 118 valence electrons. The van der Waals surface area contributed by atoms with Crippen LogP contribution < -0.4 is 10.1 Å². The van der Waals surface area contributed by atoms with Crippen LogP contribution in [0.1, 0.15) is 16.9 Å². The van der Waals surface area contributed by atoms with Crippen molar-refractivity contribution >= 4 is 56.3 Å². The van der Waals surface area contributed by atoms with E-state index in [-0.39, 0.29) is 5.28 Å². The fraction of sp³-hybridized carbons (Fsp3) is 0.250. The third-order valence-electron chi connectivity index (χ3n) is 3.96. The predicted molar refractivity (Wildman–Crippen MR) is 95.7 cm³/mol. The number of ether oxygens (including phenoxy) is 1. The first kappa shape index (κ1) is 15.0. The van der Waals surface area contributed by atoms with E-state index in [1.807, 2.05) is 12.1 Å². The van der Waals surface area contributed by atoms with Crippen LogP contribution >= 0.6 is 34.5 Å². The molecule has 0 aliphatic heterocycles. The zero-order valence-corrected chi connectivity index (χ0v) is 14.6. The molecule has 0 atom stereocenters. The van der Waals surface area contributed by atoms with Gasteiger partial charge in [0.15, 0.2) is 0 Å². The van der Waals surface area contributed by atoms with E-state index in [4.69, 9.17) is 27.9 Å². The number of nitrogens with zero attached hydrogens (tertiary/aromatic N) is 2. The lowest BCUT2D eigenvalue weighted by atomic mass is 10.2. The van der Waals surface area contributed by atoms with Crippen molar-refractivity contribution in [2.24, 2.45) is 0 Å². The van der Waals surface area contributed by atoms with E-state index in [2.05, 4.69) is 15.3 Å². The van der Waals surface area contributed by atoms with Gasteiger partial charge in [0.25, 0.3) is 0 Å². The van der Waals surface area contributed by atoms with Crippen molar-refractivity contribution in [3.63, 3.8) is 0 Å². The van der Waals surface area contributed by atoms with E-state index in [0.29, 0.717) is 10.8 Å². The monoisotopic (exact) mass is 365 g/mol. The Hall–Kier alpha value is -1.56. The zero-order valence-electron chi connectivity index (χ0n) is 12.3. The minimum atomic E-state index is 0.235. The van der Waals surface area contributed by atoms with Gasteiger partial charge in [-0.15, -0.1) is 11.3 Å². The number of aromatic nitrogens is 2. The summed E-state index contributed by atoms with van der Waals surface area (Å²) in [6.07, 6.45) is 3.34. The Morgan fingerprint density at radius 1 is 1.22 bits per heavy atom. The quantitative estimate of drug-likeness (QED) is 0.644. The first-order valence-electron chi connectivity index (χ1n) is 7.24. The Balaban J connectivity index is 1.86. The molecule has 0 amide bonds. The highest BCUT2D eigenvalue weighted by atomic mass is 35.5. The third kappa shape index (κ3) is 2.63. The van der Waals surface area contributed by atoms with Crippen molar-refractivity contribution in [3.8, 4) is 5.75 Å². The molecule has 2 heterocycles. The van der Waals surface area contributed by atoms with Gasteiger partial charge in [0.05, 0.1) is 23.2 Å². The van der Waals surface area contributed by atoms with Gasteiger partial charge in [-0.05, 0) is 48.6 Å². The molecule has 0 bridgehead atoms. The van der Waals surface area contributed by atoms with Crippen LogP contribution in [0.4, 0.5) is 11.5 Å². The molecule has 1 N–H and O–H groups in total. The van der Waals surface area contributed by atoms with E-state index in [1.54, 1.807) is 24.5 Å². The number of nitrogens with one attached hydrogen (secondary N) is 1. The Kier molecular flexibility index (Phi) is 3.79. The number of hydrogen-bond acceptors (Lipinski definition) is 5. The topological polar surface area (TPSA) is 47.0 Å². The van der Waals surface area contributed by atoms with Crippen molar-refractivity contribution in [2.45, 2.75) is 19.3 Å². The van der Waals surface area contributed by atoms with Crippen LogP contribution in [0.25, 0.3) is 10.2 Å². The number of anilines is 2. The molecule has 3 aromatic rings. The van der Waals surface area contributed by atoms with Gasteiger partial charge < -0.3 is 10.1 Å². The van der Waals surface area contributed by atoms with E-state index in [1.165, 1.54) is 16.9 Å². The third-order valence-corrected chi connectivity index (χ3v) is 5.65. The number of rotatable bonds is 3. The van der Waals surface area contributed by atoms with Gasteiger partial charge in [0.2, 0.25) is 5.28 Å².